The maximum atomic E-state index is 13.0. The number of pyridine rings is 1. The molecule has 4 rings (SSSR count). The number of halogens is 1. The first kappa shape index (κ1) is 19.2. The van der Waals surface area contributed by atoms with E-state index in [0.29, 0.717) is 17.9 Å². The van der Waals surface area contributed by atoms with E-state index in [1.165, 1.54) is 0 Å². The van der Waals surface area contributed by atoms with Crippen LogP contribution in [-0.4, -0.2) is 28.0 Å². The van der Waals surface area contributed by atoms with Gasteiger partial charge >= 0.3 is 0 Å². The molecule has 2 aromatic carbocycles. The summed E-state index contributed by atoms with van der Waals surface area (Å²) in [6.45, 7) is 0.296. The summed E-state index contributed by atoms with van der Waals surface area (Å²) in [5, 5.41) is 10.8. The molecule has 0 bridgehead atoms. The maximum Gasteiger partial charge on any atom is 0.290 e. The molecule has 1 N–H and O–H groups in total. The second kappa shape index (κ2) is 8.09. The van der Waals surface area contributed by atoms with Gasteiger partial charge in [0.25, 0.3) is 5.91 Å². The fraction of sp³-hybridized carbons (Fsp3) is 0.130. The number of nitrogens with zero attached hydrogens (tertiary/aromatic N) is 2. The Kier molecular flexibility index (Phi) is 5.36. The molecule has 0 spiro atoms. The summed E-state index contributed by atoms with van der Waals surface area (Å²) in [6.07, 6.45) is 1.70. The Bertz CT molecular complexity index is 1050. The Morgan fingerprint density at radius 2 is 1.79 bits per heavy atom. The molecule has 0 saturated carbocycles. The summed E-state index contributed by atoms with van der Waals surface area (Å²) >= 11 is 3.46. The summed E-state index contributed by atoms with van der Waals surface area (Å²) in [4.78, 5) is 19.0. The van der Waals surface area contributed by atoms with Gasteiger partial charge < -0.3 is 14.7 Å². The maximum absolute atomic E-state index is 13.0. The number of carbonyl (C=O) groups excluding carboxylic acids is 1. The molecule has 6 heteroatoms. The zero-order chi connectivity index (χ0) is 20.4. The largest absolute Gasteiger partial charge is 0.503 e. The number of ether oxygens (including phenoxy) is 1. The lowest BCUT2D eigenvalue weighted by Gasteiger charge is -2.27. The molecular formula is C23H19BrN2O3. The average molecular weight is 451 g/mol. The number of aliphatic hydroxyl groups excluding tert-OH is 1. The molecule has 1 atom stereocenters. The molecule has 146 valence electrons. The van der Waals surface area contributed by atoms with Crippen LogP contribution < -0.4 is 4.74 Å². The van der Waals surface area contributed by atoms with E-state index in [1.807, 2.05) is 66.7 Å². The Morgan fingerprint density at radius 3 is 2.41 bits per heavy atom. The van der Waals surface area contributed by atoms with Crippen LogP contribution in [0.15, 0.2) is 83.2 Å². The van der Waals surface area contributed by atoms with Crippen molar-refractivity contribution in [2.75, 3.05) is 7.11 Å². The molecule has 1 unspecified atom stereocenters. The van der Waals surface area contributed by atoms with Crippen LogP contribution in [0.1, 0.15) is 22.9 Å². The van der Waals surface area contributed by atoms with Crippen LogP contribution in [0.2, 0.25) is 0 Å². The molecule has 1 aliphatic heterocycles. The van der Waals surface area contributed by atoms with Gasteiger partial charge in [-0.2, -0.15) is 0 Å². The number of benzene rings is 2. The zero-order valence-electron chi connectivity index (χ0n) is 15.7. The Morgan fingerprint density at radius 1 is 1.07 bits per heavy atom. The summed E-state index contributed by atoms with van der Waals surface area (Å²) in [5.74, 6) is 0.0668. The number of aliphatic hydroxyl groups is 1. The molecule has 0 fully saturated rings. The van der Waals surface area contributed by atoms with Crippen molar-refractivity contribution in [3.05, 3.63) is 100.0 Å². The van der Waals surface area contributed by atoms with Crippen molar-refractivity contribution >= 4 is 27.4 Å². The third-order valence-electron chi connectivity index (χ3n) is 4.95. The van der Waals surface area contributed by atoms with Gasteiger partial charge in [0.15, 0.2) is 5.76 Å². The van der Waals surface area contributed by atoms with Crippen LogP contribution in [0.3, 0.4) is 0 Å². The van der Waals surface area contributed by atoms with Crippen molar-refractivity contribution < 1.29 is 14.6 Å². The van der Waals surface area contributed by atoms with E-state index >= 15 is 0 Å². The molecule has 0 saturated heterocycles. The molecule has 2 heterocycles. The molecule has 5 nitrogen and oxygen atoms in total. The van der Waals surface area contributed by atoms with Crippen LogP contribution in [0.5, 0.6) is 5.75 Å². The van der Waals surface area contributed by atoms with E-state index in [-0.39, 0.29) is 5.76 Å². The van der Waals surface area contributed by atoms with E-state index in [0.717, 1.165) is 21.3 Å². The molecule has 0 radical (unpaired) electrons. The van der Waals surface area contributed by atoms with Gasteiger partial charge in [0, 0.05) is 16.2 Å². The van der Waals surface area contributed by atoms with Crippen molar-refractivity contribution in [1.29, 1.82) is 0 Å². The standard InChI is InChI=1S/C23H19BrN2O3/c1-29-19-11-7-15(8-12-19)20-21(16-5-9-17(24)10-6-16)26(23(28)22(20)27)14-18-4-2-3-13-25-18/h2-13,21,27H,14H2,1H3. The lowest BCUT2D eigenvalue weighted by atomic mass is 9.93. The smallest absolute Gasteiger partial charge is 0.290 e. The van der Waals surface area contributed by atoms with Crippen molar-refractivity contribution in [3.8, 4) is 5.75 Å². The van der Waals surface area contributed by atoms with E-state index < -0.39 is 11.9 Å². The number of hydrogen-bond acceptors (Lipinski definition) is 4. The lowest BCUT2D eigenvalue weighted by molar-refractivity contribution is -0.130. The Labute approximate surface area is 177 Å². The van der Waals surface area contributed by atoms with E-state index in [1.54, 1.807) is 18.2 Å². The summed E-state index contributed by atoms with van der Waals surface area (Å²) in [7, 11) is 1.60. The first-order valence-corrected chi connectivity index (χ1v) is 9.91. The van der Waals surface area contributed by atoms with Crippen molar-refractivity contribution in [3.63, 3.8) is 0 Å². The highest BCUT2D eigenvalue weighted by Crippen LogP contribution is 2.44. The molecule has 1 aromatic heterocycles. The summed E-state index contributed by atoms with van der Waals surface area (Å²) < 4.78 is 6.18. The molecule has 1 aliphatic rings. The predicted octanol–water partition coefficient (Wildman–Crippen LogP) is 4.91. The fourth-order valence-electron chi connectivity index (χ4n) is 3.54. The monoisotopic (exact) mass is 450 g/mol. The first-order valence-electron chi connectivity index (χ1n) is 9.12. The summed E-state index contributed by atoms with van der Waals surface area (Å²) in [5.41, 5.74) is 3.02. The number of rotatable bonds is 5. The minimum Gasteiger partial charge on any atom is -0.503 e. The number of hydrogen-bond donors (Lipinski definition) is 1. The number of aromatic nitrogens is 1. The molecular weight excluding hydrogens is 432 g/mol. The number of carbonyl (C=O) groups is 1. The van der Waals surface area contributed by atoms with E-state index in [4.69, 9.17) is 4.74 Å². The quantitative estimate of drug-likeness (QED) is 0.599. The second-order valence-electron chi connectivity index (χ2n) is 6.70. The highest BCUT2D eigenvalue weighted by atomic mass is 79.9. The van der Waals surface area contributed by atoms with Gasteiger partial charge in [0.1, 0.15) is 5.75 Å². The van der Waals surface area contributed by atoms with Crippen molar-refractivity contribution in [2.45, 2.75) is 12.6 Å². The molecule has 1 amide bonds. The highest BCUT2D eigenvalue weighted by Gasteiger charge is 2.41. The molecule has 29 heavy (non-hydrogen) atoms. The van der Waals surface area contributed by atoms with Crippen molar-refractivity contribution in [1.82, 2.24) is 9.88 Å². The minimum atomic E-state index is -0.425. The van der Waals surface area contributed by atoms with Crippen LogP contribution in [0.25, 0.3) is 5.57 Å². The van der Waals surface area contributed by atoms with Crippen LogP contribution in [-0.2, 0) is 11.3 Å². The Hall–Kier alpha value is -3.12. The second-order valence-corrected chi connectivity index (χ2v) is 7.61. The van der Waals surface area contributed by atoms with Gasteiger partial charge in [0.05, 0.1) is 25.4 Å². The van der Waals surface area contributed by atoms with E-state index in [2.05, 4.69) is 20.9 Å². The van der Waals surface area contributed by atoms with Gasteiger partial charge in [-0.05, 0) is 47.5 Å². The van der Waals surface area contributed by atoms with Gasteiger partial charge in [-0.3, -0.25) is 9.78 Å². The van der Waals surface area contributed by atoms with Crippen LogP contribution in [0, 0.1) is 0 Å². The highest BCUT2D eigenvalue weighted by molar-refractivity contribution is 9.10. The normalized spacial score (nSPS) is 16.4. The summed E-state index contributed by atoms with van der Waals surface area (Å²) in [6, 6.07) is 20.3. The lowest BCUT2D eigenvalue weighted by Crippen LogP contribution is -2.30. The van der Waals surface area contributed by atoms with Gasteiger partial charge in [-0.1, -0.05) is 46.3 Å². The predicted molar refractivity (Wildman–Crippen MR) is 114 cm³/mol. The zero-order valence-corrected chi connectivity index (χ0v) is 17.3. The number of amides is 1. The first-order chi connectivity index (χ1) is 14.1. The third kappa shape index (κ3) is 3.76. The topological polar surface area (TPSA) is 62.7 Å². The molecule has 3 aromatic rings. The molecule has 0 aliphatic carbocycles. The third-order valence-corrected chi connectivity index (χ3v) is 5.48. The van der Waals surface area contributed by atoms with Gasteiger partial charge in [-0.15, -0.1) is 0 Å². The van der Waals surface area contributed by atoms with Gasteiger partial charge in [0.2, 0.25) is 0 Å². The average Bonchev–Trinajstić information content (AvgIpc) is 3.00. The van der Waals surface area contributed by atoms with E-state index in [9.17, 15) is 9.90 Å². The SMILES string of the molecule is COc1ccc(C2=C(O)C(=O)N(Cc3ccccn3)C2c2ccc(Br)cc2)cc1. The Balaban J connectivity index is 1.80. The van der Waals surface area contributed by atoms with Crippen molar-refractivity contribution in [2.24, 2.45) is 0 Å². The number of methoxy groups -OCH3 is 1. The minimum absolute atomic E-state index is 0.237. The van der Waals surface area contributed by atoms with Crippen LogP contribution >= 0.6 is 15.9 Å². The van der Waals surface area contributed by atoms with Gasteiger partial charge in [-0.25, -0.2) is 0 Å². The fourth-order valence-corrected chi connectivity index (χ4v) is 3.80. The van der Waals surface area contributed by atoms with Crippen LogP contribution in [0.4, 0.5) is 0 Å².